The molecule has 0 aliphatic heterocycles. The first-order chi connectivity index (χ1) is 4.68. The Labute approximate surface area is 60.5 Å². The predicted octanol–water partition coefficient (Wildman–Crippen LogP) is 0.362. The Bertz CT molecular complexity index is 287. The number of H-pyrrole nitrogens is 1. The molecule has 0 aliphatic carbocycles. The summed E-state index contributed by atoms with van der Waals surface area (Å²) < 4.78 is 4.55. The van der Waals surface area contributed by atoms with Crippen LogP contribution in [0.1, 0.15) is 6.92 Å². The number of esters is 1. The Morgan fingerprint density at radius 3 is 2.90 bits per heavy atom. The van der Waals surface area contributed by atoms with Crippen molar-refractivity contribution in [1.29, 1.82) is 0 Å². The number of aromatic nitrogens is 1. The highest BCUT2D eigenvalue weighted by molar-refractivity contribution is 7.07. The van der Waals surface area contributed by atoms with E-state index in [1.54, 1.807) is 0 Å². The Morgan fingerprint density at radius 1 is 1.80 bits per heavy atom. The summed E-state index contributed by atoms with van der Waals surface area (Å²) in [7, 11) is 0. The smallest absolute Gasteiger partial charge is 0.309 e. The summed E-state index contributed by atoms with van der Waals surface area (Å²) in [5.41, 5.74) is 0. The second kappa shape index (κ2) is 2.66. The van der Waals surface area contributed by atoms with Crippen LogP contribution in [0.15, 0.2) is 10.2 Å². The number of nitrogens with one attached hydrogen (secondary N) is 1. The second-order valence-electron chi connectivity index (χ2n) is 1.61. The van der Waals surface area contributed by atoms with Gasteiger partial charge in [0.05, 0.1) is 5.38 Å². The molecule has 5 heteroatoms. The van der Waals surface area contributed by atoms with Gasteiger partial charge in [-0.05, 0) is 0 Å². The van der Waals surface area contributed by atoms with Crippen molar-refractivity contribution < 1.29 is 9.53 Å². The van der Waals surface area contributed by atoms with E-state index in [0.717, 1.165) is 11.3 Å². The standard InChI is InChI=1S/C5H5NO3S/c1-3(7)9-4-2-10-5(8)6-4/h2H,1H3,(H,6,8). The number of ether oxygens (including phenoxy) is 1. The van der Waals surface area contributed by atoms with Crippen LogP contribution in [-0.4, -0.2) is 11.0 Å². The molecule has 0 bridgehead atoms. The van der Waals surface area contributed by atoms with Gasteiger partial charge in [-0.3, -0.25) is 14.6 Å². The minimum atomic E-state index is -0.436. The summed E-state index contributed by atoms with van der Waals surface area (Å²) in [6.07, 6.45) is 0. The Hall–Kier alpha value is -1.10. The maximum atomic E-state index is 10.4. The van der Waals surface area contributed by atoms with Crippen LogP contribution in [-0.2, 0) is 4.79 Å². The van der Waals surface area contributed by atoms with E-state index in [9.17, 15) is 9.59 Å². The molecular weight excluding hydrogens is 154 g/mol. The van der Waals surface area contributed by atoms with Crippen LogP contribution in [0.3, 0.4) is 0 Å². The molecule has 0 atom stereocenters. The van der Waals surface area contributed by atoms with Crippen LogP contribution in [0.2, 0.25) is 0 Å². The normalized spacial score (nSPS) is 9.30. The molecule has 1 aromatic heterocycles. The molecule has 0 fully saturated rings. The molecule has 0 spiro atoms. The van der Waals surface area contributed by atoms with E-state index in [2.05, 4.69) is 9.72 Å². The van der Waals surface area contributed by atoms with E-state index in [-0.39, 0.29) is 10.8 Å². The third kappa shape index (κ3) is 1.70. The zero-order valence-corrected chi connectivity index (χ0v) is 6.03. The molecule has 1 rings (SSSR count). The van der Waals surface area contributed by atoms with Crippen molar-refractivity contribution in [1.82, 2.24) is 4.98 Å². The van der Waals surface area contributed by atoms with E-state index in [4.69, 9.17) is 0 Å². The maximum absolute atomic E-state index is 10.4. The summed E-state index contributed by atoms with van der Waals surface area (Å²) >= 11 is 0.958. The zero-order chi connectivity index (χ0) is 7.56. The van der Waals surface area contributed by atoms with Crippen LogP contribution < -0.4 is 9.61 Å². The molecule has 0 saturated heterocycles. The van der Waals surface area contributed by atoms with Gasteiger partial charge in [0.2, 0.25) is 5.88 Å². The fourth-order valence-corrected chi connectivity index (χ4v) is 0.952. The van der Waals surface area contributed by atoms with Gasteiger partial charge in [-0.15, -0.1) is 0 Å². The lowest BCUT2D eigenvalue weighted by atomic mass is 10.8. The van der Waals surface area contributed by atoms with Crippen molar-refractivity contribution in [2.45, 2.75) is 6.92 Å². The van der Waals surface area contributed by atoms with Crippen LogP contribution in [0, 0.1) is 0 Å². The Kier molecular flexibility index (Phi) is 1.86. The lowest BCUT2D eigenvalue weighted by Crippen LogP contribution is -2.03. The van der Waals surface area contributed by atoms with Crippen LogP contribution >= 0.6 is 11.3 Å². The van der Waals surface area contributed by atoms with E-state index < -0.39 is 5.97 Å². The first kappa shape index (κ1) is 7.01. The Balaban J connectivity index is 2.76. The van der Waals surface area contributed by atoms with Crippen LogP contribution in [0.4, 0.5) is 0 Å². The second-order valence-corrected chi connectivity index (χ2v) is 2.45. The van der Waals surface area contributed by atoms with Gasteiger partial charge in [0.1, 0.15) is 0 Å². The van der Waals surface area contributed by atoms with E-state index >= 15 is 0 Å². The van der Waals surface area contributed by atoms with Gasteiger partial charge >= 0.3 is 10.8 Å². The number of carbonyl (C=O) groups excluding carboxylic acids is 1. The largest absolute Gasteiger partial charge is 0.409 e. The maximum Gasteiger partial charge on any atom is 0.309 e. The molecule has 10 heavy (non-hydrogen) atoms. The molecule has 0 saturated carbocycles. The summed E-state index contributed by atoms with van der Waals surface area (Å²) in [6, 6.07) is 0. The number of rotatable bonds is 1. The van der Waals surface area contributed by atoms with Crippen molar-refractivity contribution in [3.8, 4) is 5.88 Å². The molecular formula is C5H5NO3S. The molecule has 0 amide bonds. The first-order valence-corrected chi connectivity index (χ1v) is 3.42. The summed E-state index contributed by atoms with van der Waals surface area (Å²) in [6.45, 7) is 1.27. The highest BCUT2D eigenvalue weighted by Gasteiger charge is 1.98. The average Bonchev–Trinajstić information content (AvgIpc) is 2.13. The predicted molar refractivity (Wildman–Crippen MR) is 36.2 cm³/mol. The minimum Gasteiger partial charge on any atom is -0.409 e. The number of thiazole rings is 1. The van der Waals surface area contributed by atoms with Gasteiger partial charge in [0, 0.05) is 6.92 Å². The number of aromatic amines is 1. The van der Waals surface area contributed by atoms with E-state index in [1.165, 1.54) is 12.3 Å². The van der Waals surface area contributed by atoms with Crippen molar-refractivity contribution in [2.24, 2.45) is 0 Å². The van der Waals surface area contributed by atoms with Gasteiger partial charge < -0.3 is 4.74 Å². The molecule has 0 unspecified atom stereocenters. The minimum absolute atomic E-state index is 0.211. The van der Waals surface area contributed by atoms with Crippen molar-refractivity contribution in [3.63, 3.8) is 0 Å². The molecule has 0 radical (unpaired) electrons. The molecule has 0 aliphatic rings. The van der Waals surface area contributed by atoms with Gasteiger partial charge in [0.25, 0.3) is 0 Å². The molecule has 1 aromatic rings. The average molecular weight is 159 g/mol. The van der Waals surface area contributed by atoms with Gasteiger partial charge in [-0.25, -0.2) is 0 Å². The topological polar surface area (TPSA) is 59.2 Å². The van der Waals surface area contributed by atoms with Crippen molar-refractivity contribution in [2.75, 3.05) is 0 Å². The van der Waals surface area contributed by atoms with E-state index in [0.29, 0.717) is 0 Å². The SMILES string of the molecule is CC(=O)Oc1csc(=O)[nH]1. The number of hydrogen-bond donors (Lipinski definition) is 1. The molecule has 0 aromatic carbocycles. The quantitative estimate of drug-likeness (QED) is 0.602. The van der Waals surface area contributed by atoms with Crippen LogP contribution in [0.5, 0.6) is 5.88 Å². The molecule has 54 valence electrons. The Morgan fingerprint density at radius 2 is 2.50 bits per heavy atom. The fraction of sp³-hybridized carbons (Fsp3) is 0.200. The highest BCUT2D eigenvalue weighted by Crippen LogP contribution is 2.04. The highest BCUT2D eigenvalue weighted by atomic mass is 32.1. The van der Waals surface area contributed by atoms with Crippen LogP contribution in [0.25, 0.3) is 0 Å². The third-order valence-electron chi connectivity index (χ3n) is 0.752. The molecule has 1 N–H and O–H groups in total. The van der Waals surface area contributed by atoms with Crippen molar-refractivity contribution in [3.05, 3.63) is 15.0 Å². The van der Waals surface area contributed by atoms with Crippen molar-refractivity contribution >= 4 is 17.3 Å². The number of carbonyl (C=O) groups is 1. The summed E-state index contributed by atoms with van der Waals surface area (Å²) in [5.74, 6) is -0.225. The first-order valence-electron chi connectivity index (χ1n) is 2.54. The lowest BCUT2D eigenvalue weighted by molar-refractivity contribution is -0.132. The number of hydrogen-bond acceptors (Lipinski definition) is 4. The third-order valence-corrected chi connectivity index (χ3v) is 1.40. The van der Waals surface area contributed by atoms with E-state index in [1.807, 2.05) is 0 Å². The van der Waals surface area contributed by atoms with Gasteiger partial charge in [-0.2, -0.15) is 0 Å². The monoisotopic (exact) mass is 159 g/mol. The molecule has 4 nitrogen and oxygen atoms in total. The van der Waals surface area contributed by atoms with Gasteiger partial charge in [-0.1, -0.05) is 11.3 Å². The zero-order valence-electron chi connectivity index (χ0n) is 5.21. The van der Waals surface area contributed by atoms with Gasteiger partial charge in [0.15, 0.2) is 0 Å². The summed E-state index contributed by atoms with van der Waals surface area (Å²) in [5, 5.41) is 1.45. The lowest BCUT2D eigenvalue weighted by Gasteiger charge is -1.91. The fourth-order valence-electron chi connectivity index (χ4n) is 0.471. The summed E-state index contributed by atoms with van der Waals surface area (Å²) in [4.78, 5) is 22.8. The molecule has 1 heterocycles.